The normalized spacial score (nSPS) is 22.9. The molecule has 3 heterocycles. The Kier molecular flexibility index (Phi) is 3.71. The fraction of sp³-hybridized carbons (Fsp3) is 0.462. The summed E-state index contributed by atoms with van der Waals surface area (Å²) in [5, 5.41) is 3.26. The quantitative estimate of drug-likeness (QED) is 0.770. The molecule has 1 aromatic rings. The molecular weight excluding hydrogens is 324 g/mol. The summed E-state index contributed by atoms with van der Waals surface area (Å²) in [5.41, 5.74) is 0.784. The monoisotopic (exact) mass is 338 g/mol. The van der Waals surface area contributed by atoms with Crippen molar-refractivity contribution in [2.75, 3.05) is 26.2 Å². The second-order valence-corrected chi connectivity index (χ2v) is 5.93. The van der Waals surface area contributed by atoms with Crippen molar-refractivity contribution >= 4 is 27.7 Å². The lowest BCUT2D eigenvalue weighted by atomic mass is 10.1. The summed E-state index contributed by atoms with van der Waals surface area (Å²) in [4.78, 5) is 31.8. The lowest BCUT2D eigenvalue weighted by Crippen LogP contribution is -2.65. The van der Waals surface area contributed by atoms with E-state index >= 15 is 0 Å². The van der Waals surface area contributed by atoms with Gasteiger partial charge in [0.25, 0.3) is 0 Å². The van der Waals surface area contributed by atoms with Crippen LogP contribution in [0.15, 0.2) is 22.8 Å². The molecule has 0 aliphatic carbocycles. The molecule has 2 aliphatic heterocycles. The van der Waals surface area contributed by atoms with Crippen molar-refractivity contribution in [1.82, 2.24) is 20.1 Å². The van der Waals surface area contributed by atoms with Gasteiger partial charge in [0.2, 0.25) is 0 Å². The summed E-state index contributed by atoms with van der Waals surface area (Å²) >= 11 is 3.33. The van der Waals surface area contributed by atoms with E-state index in [9.17, 15) is 9.59 Å². The zero-order valence-electron chi connectivity index (χ0n) is 10.9. The number of nitrogens with zero attached hydrogens (tertiary/aromatic N) is 3. The Balaban J connectivity index is 1.74. The fourth-order valence-electron chi connectivity index (χ4n) is 2.62. The predicted octanol–water partition coefficient (Wildman–Crippen LogP) is -0.0133. The van der Waals surface area contributed by atoms with Crippen LogP contribution in [0.5, 0.6) is 0 Å². The number of rotatable bonds is 2. The number of hydrogen-bond donors (Lipinski definition) is 1. The van der Waals surface area contributed by atoms with E-state index in [2.05, 4.69) is 26.2 Å². The molecule has 7 heteroatoms. The van der Waals surface area contributed by atoms with E-state index in [-0.39, 0.29) is 11.9 Å². The number of hydrogen-bond acceptors (Lipinski definition) is 4. The second-order valence-electron chi connectivity index (χ2n) is 5.01. The number of pyridine rings is 1. The highest BCUT2D eigenvalue weighted by Crippen LogP contribution is 2.16. The number of carbonyl (C=O) groups excluding carboxylic acids is 2. The van der Waals surface area contributed by atoms with E-state index in [0.717, 1.165) is 23.3 Å². The smallest absolute Gasteiger partial charge is 0.312 e. The van der Waals surface area contributed by atoms with Crippen molar-refractivity contribution in [1.29, 1.82) is 0 Å². The molecule has 1 unspecified atom stereocenters. The van der Waals surface area contributed by atoms with Gasteiger partial charge in [0.15, 0.2) is 0 Å². The number of aromatic nitrogens is 1. The number of carbonyl (C=O) groups is 2. The molecule has 1 aromatic heterocycles. The number of amides is 2. The lowest BCUT2D eigenvalue weighted by Gasteiger charge is -2.43. The summed E-state index contributed by atoms with van der Waals surface area (Å²) in [6.45, 7) is 3.05. The molecule has 1 N–H and O–H groups in total. The Morgan fingerprint density at radius 1 is 1.35 bits per heavy atom. The predicted molar refractivity (Wildman–Crippen MR) is 75.7 cm³/mol. The van der Waals surface area contributed by atoms with Crippen LogP contribution in [0, 0.1) is 0 Å². The van der Waals surface area contributed by atoms with Crippen molar-refractivity contribution in [2.24, 2.45) is 0 Å². The highest BCUT2D eigenvalue weighted by Gasteiger charge is 2.39. The van der Waals surface area contributed by atoms with Gasteiger partial charge in [0, 0.05) is 36.8 Å². The summed E-state index contributed by atoms with van der Waals surface area (Å²) in [7, 11) is 0. The molecule has 0 aromatic carbocycles. The summed E-state index contributed by atoms with van der Waals surface area (Å²) < 4.78 is 0.893. The molecule has 106 valence electrons. The molecule has 20 heavy (non-hydrogen) atoms. The minimum Gasteiger partial charge on any atom is -0.327 e. The van der Waals surface area contributed by atoms with Gasteiger partial charge in [0.1, 0.15) is 0 Å². The van der Waals surface area contributed by atoms with Crippen LogP contribution in [-0.4, -0.2) is 58.8 Å². The van der Waals surface area contributed by atoms with Gasteiger partial charge in [-0.05, 0) is 28.1 Å². The molecule has 1 atom stereocenters. The highest BCUT2D eigenvalue weighted by molar-refractivity contribution is 9.10. The van der Waals surface area contributed by atoms with Crippen molar-refractivity contribution < 1.29 is 9.59 Å². The molecule has 3 rings (SSSR count). The van der Waals surface area contributed by atoms with Crippen molar-refractivity contribution in [3.8, 4) is 0 Å². The number of fused-ring (bicyclic) bond motifs is 1. The third-order valence-electron chi connectivity index (χ3n) is 3.65. The maximum Gasteiger partial charge on any atom is 0.312 e. The first-order valence-corrected chi connectivity index (χ1v) is 7.35. The van der Waals surface area contributed by atoms with Crippen LogP contribution in [0.2, 0.25) is 0 Å². The minimum atomic E-state index is -0.423. The van der Waals surface area contributed by atoms with Gasteiger partial charge < -0.3 is 15.1 Å². The Labute approximate surface area is 125 Å². The van der Waals surface area contributed by atoms with Gasteiger partial charge >= 0.3 is 11.8 Å². The molecular formula is C13H15BrN4O2. The Bertz CT molecular complexity index is 534. The fourth-order valence-corrected chi connectivity index (χ4v) is 2.85. The SMILES string of the molecule is O=C1C(=O)N2CCNCC2CN1Cc1ccc(Br)cn1. The maximum atomic E-state index is 12.1. The zero-order valence-corrected chi connectivity index (χ0v) is 12.5. The van der Waals surface area contributed by atoms with Gasteiger partial charge in [-0.1, -0.05) is 0 Å². The van der Waals surface area contributed by atoms with Gasteiger partial charge in [-0.3, -0.25) is 14.6 Å². The number of piperazine rings is 2. The summed E-state index contributed by atoms with van der Waals surface area (Å²) in [6.07, 6.45) is 1.69. The molecule has 2 saturated heterocycles. The van der Waals surface area contributed by atoms with Crippen LogP contribution in [0.25, 0.3) is 0 Å². The van der Waals surface area contributed by atoms with Gasteiger partial charge in [-0.15, -0.1) is 0 Å². The first kappa shape index (κ1) is 13.5. The number of halogens is 1. The van der Waals surface area contributed by atoms with Crippen LogP contribution >= 0.6 is 15.9 Å². The molecule has 0 spiro atoms. The van der Waals surface area contributed by atoms with Crippen molar-refractivity contribution in [3.63, 3.8) is 0 Å². The summed E-state index contributed by atoms with van der Waals surface area (Å²) in [6, 6.07) is 3.81. The van der Waals surface area contributed by atoms with Crippen LogP contribution in [0.4, 0.5) is 0 Å². The van der Waals surface area contributed by atoms with E-state index in [1.54, 1.807) is 16.0 Å². The number of nitrogens with one attached hydrogen (secondary N) is 1. The van der Waals surface area contributed by atoms with E-state index < -0.39 is 5.91 Å². The van der Waals surface area contributed by atoms with E-state index in [4.69, 9.17) is 0 Å². The Morgan fingerprint density at radius 3 is 2.95 bits per heavy atom. The van der Waals surface area contributed by atoms with Crippen molar-refractivity contribution in [3.05, 3.63) is 28.5 Å². The molecule has 2 fully saturated rings. The first-order chi connectivity index (χ1) is 9.65. The highest BCUT2D eigenvalue weighted by atomic mass is 79.9. The van der Waals surface area contributed by atoms with Crippen LogP contribution in [-0.2, 0) is 16.1 Å². The van der Waals surface area contributed by atoms with Gasteiger partial charge in [-0.2, -0.15) is 0 Å². The Hall–Kier alpha value is -1.47. The van der Waals surface area contributed by atoms with Crippen LogP contribution in [0.3, 0.4) is 0 Å². The lowest BCUT2D eigenvalue weighted by molar-refractivity contribution is -0.160. The molecule has 0 saturated carbocycles. The van der Waals surface area contributed by atoms with Crippen LogP contribution in [0.1, 0.15) is 5.69 Å². The molecule has 0 bridgehead atoms. The van der Waals surface area contributed by atoms with Crippen LogP contribution < -0.4 is 5.32 Å². The molecule has 6 nitrogen and oxygen atoms in total. The average Bonchev–Trinajstić information content (AvgIpc) is 2.47. The zero-order chi connectivity index (χ0) is 14.1. The first-order valence-electron chi connectivity index (χ1n) is 6.56. The van der Waals surface area contributed by atoms with Gasteiger partial charge in [0.05, 0.1) is 18.3 Å². The molecule has 2 aliphatic rings. The third kappa shape index (κ3) is 2.55. The minimum absolute atomic E-state index is 0.0735. The Morgan fingerprint density at radius 2 is 2.20 bits per heavy atom. The third-order valence-corrected chi connectivity index (χ3v) is 4.12. The average molecular weight is 339 g/mol. The van der Waals surface area contributed by atoms with Crippen molar-refractivity contribution in [2.45, 2.75) is 12.6 Å². The molecule has 0 radical (unpaired) electrons. The second kappa shape index (κ2) is 5.49. The topological polar surface area (TPSA) is 65.5 Å². The van der Waals surface area contributed by atoms with Gasteiger partial charge in [-0.25, -0.2) is 0 Å². The maximum absolute atomic E-state index is 12.1. The largest absolute Gasteiger partial charge is 0.327 e. The van der Waals surface area contributed by atoms with E-state index in [1.807, 2.05) is 12.1 Å². The summed E-state index contributed by atoms with van der Waals surface area (Å²) in [5.74, 6) is -0.812. The molecule has 2 amide bonds. The van der Waals surface area contributed by atoms with E-state index in [0.29, 0.717) is 19.6 Å². The van der Waals surface area contributed by atoms with E-state index in [1.165, 1.54) is 0 Å². The standard InChI is InChI=1S/C13H15BrN4O2/c14-9-1-2-10(16-5-9)7-17-8-11-6-15-3-4-18(11)13(20)12(17)19/h1-2,5,11,15H,3-4,6-8H2.